The molecule has 132 valence electrons. The van der Waals surface area contributed by atoms with Crippen molar-refractivity contribution in [2.75, 3.05) is 10.6 Å². The molecule has 0 spiro atoms. The quantitative estimate of drug-likeness (QED) is 0.727. The van der Waals surface area contributed by atoms with Crippen molar-refractivity contribution in [3.05, 3.63) is 47.7 Å². The van der Waals surface area contributed by atoms with Crippen molar-refractivity contribution in [1.29, 1.82) is 0 Å². The number of fused-ring (bicyclic) bond motifs is 2. The van der Waals surface area contributed by atoms with Crippen LogP contribution in [0.2, 0.25) is 0 Å². The Bertz CT molecular complexity index is 996. The van der Waals surface area contributed by atoms with Gasteiger partial charge in [0.05, 0.1) is 15.8 Å². The first kappa shape index (κ1) is 15.6. The first-order valence-corrected chi connectivity index (χ1v) is 9.15. The SMILES string of the molecule is O=C1Nc2nccc(C3CC(Nc4nc5ccccc5s4)C3)c2C1(F)F. The molecule has 26 heavy (non-hydrogen) atoms. The van der Waals surface area contributed by atoms with E-state index in [1.54, 1.807) is 17.4 Å². The van der Waals surface area contributed by atoms with Crippen LogP contribution in [-0.2, 0) is 10.7 Å². The molecular formula is C18H14F2N4OS. The summed E-state index contributed by atoms with van der Waals surface area (Å²) in [4.78, 5) is 19.9. The maximum absolute atomic E-state index is 14.2. The summed E-state index contributed by atoms with van der Waals surface area (Å²) in [6.07, 6.45) is 2.91. The van der Waals surface area contributed by atoms with Crippen molar-refractivity contribution in [2.24, 2.45) is 0 Å². The normalized spacial score (nSPS) is 23.4. The summed E-state index contributed by atoms with van der Waals surface area (Å²) in [5.74, 6) is -4.84. The average molecular weight is 372 g/mol. The van der Waals surface area contributed by atoms with Crippen molar-refractivity contribution < 1.29 is 13.6 Å². The summed E-state index contributed by atoms with van der Waals surface area (Å²) >= 11 is 1.59. The molecule has 3 heterocycles. The van der Waals surface area contributed by atoms with E-state index in [9.17, 15) is 13.6 Å². The third-order valence-corrected chi connectivity index (χ3v) is 5.98. The van der Waals surface area contributed by atoms with E-state index in [2.05, 4.69) is 20.6 Å². The van der Waals surface area contributed by atoms with E-state index in [-0.39, 0.29) is 23.3 Å². The fraction of sp³-hybridized carbons (Fsp3) is 0.278. The van der Waals surface area contributed by atoms with Crippen LogP contribution in [0.15, 0.2) is 36.5 Å². The number of carbonyl (C=O) groups is 1. The lowest BCUT2D eigenvalue weighted by Crippen LogP contribution is -2.35. The van der Waals surface area contributed by atoms with Crippen LogP contribution < -0.4 is 10.6 Å². The molecule has 8 heteroatoms. The highest BCUT2D eigenvalue weighted by molar-refractivity contribution is 7.22. The zero-order valence-corrected chi connectivity index (χ0v) is 14.3. The Morgan fingerprint density at radius 2 is 2.04 bits per heavy atom. The van der Waals surface area contributed by atoms with Crippen LogP contribution >= 0.6 is 11.3 Å². The van der Waals surface area contributed by atoms with Crippen LogP contribution in [-0.4, -0.2) is 21.9 Å². The number of rotatable bonds is 3. The summed E-state index contributed by atoms with van der Waals surface area (Å²) in [6.45, 7) is 0. The Morgan fingerprint density at radius 3 is 2.85 bits per heavy atom. The number of hydrogen-bond donors (Lipinski definition) is 2. The number of amides is 1. The van der Waals surface area contributed by atoms with E-state index in [1.807, 2.05) is 24.3 Å². The van der Waals surface area contributed by atoms with Crippen LogP contribution in [0.5, 0.6) is 0 Å². The molecule has 2 aliphatic rings. The van der Waals surface area contributed by atoms with Gasteiger partial charge < -0.3 is 10.6 Å². The van der Waals surface area contributed by atoms with Gasteiger partial charge in [0.2, 0.25) is 0 Å². The van der Waals surface area contributed by atoms with Crippen LogP contribution in [0.4, 0.5) is 19.7 Å². The Kier molecular flexibility index (Phi) is 3.27. The maximum Gasteiger partial charge on any atom is 0.353 e. The second kappa shape index (κ2) is 5.44. The van der Waals surface area contributed by atoms with Gasteiger partial charge in [0.1, 0.15) is 5.82 Å². The number of aromatic nitrogens is 2. The van der Waals surface area contributed by atoms with Gasteiger partial charge in [-0.1, -0.05) is 23.5 Å². The largest absolute Gasteiger partial charge is 0.359 e. The predicted octanol–water partition coefficient (Wildman–Crippen LogP) is 4.09. The Balaban J connectivity index is 1.34. The molecule has 0 bridgehead atoms. The van der Waals surface area contributed by atoms with Crippen molar-refractivity contribution >= 4 is 38.4 Å². The van der Waals surface area contributed by atoms with Crippen LogP contribution in [0.1, 0.15) is 29.9 Å². The van der Waals surface area contributed by atoms with Crippen LogP contribution in [0.25, 0.3) is 10.2 Å². The second-order valence-electron chi connectivity index (χ2n) is 6.65. The Labute approximate surface area is 151 Å². The Hall–Kier alpha value is -2.61. The molecule has 0 radical (unpaired) electrons. The molecular weight excluding hydrogens is 358 g/mol. The second-order valence-corrected chi connectivity index (χ2v) is 7.68. The van der Waals surface area contributed by atoms with Gasteiger partial charge in [0, 0.05) is 12.2 Å². The highest BCUT2D eigenvalue weighted by Gasteiger charge is 2.52. The number of halogens is 2. The lowest BCUT2D eigenvalue weighted by atomic mass is 9.74. The molecule has 5 nitrogen and oxygen atoms in total. The van der Waals surface area contributed by atoms with Gasteiger partial charge in [-0.15, -0.1) is 0 Å². The lowest BCUT2D eigenvalue weighted by molar-refractivity contribution is -0.139. The number of carbonyl (C=O) groups excluding carboxylic acids is 1. The molecule has 1 amide bonds. The third kappa shape index (κ3) is 2.28. The number of para-hydroxylation sites is 1. The van der Waals surface area contributed by atoms with Gasteiger partial charge in [-0.05, 0) is 42.5 Å². The van der Waals surface area contributed by atoms with Crippen LogP contribution in [0, 0.1) is 0 Å². The number of nitrogens with zero attached hydrogens (tertiary/aromatic N) is 2. The Morgan fingerprint density at radius 1 is 1.23 bits per heavy atom. The molecule has 1 aromatic carbocycles. The van der Waals surface area contributed by atoms with Gasteiger partial charge in [-0.2, -0.15) is 8.78 Å². The molecule has 1 aliphatic carbocycles. The van der Waals surface area contributed by atoms with E-state index in [4.69, 9.17) is 0 Å². The zero-order valence-electron chi connectivity index (χ0n) is 13.5. The number of thiazole rings is 1. The minimum absolute atomic E-state index is 0.0138. The van der Waals surface area contributed by atoms with Gasteiger partial charge >= 0.3 is 11.8 Å². The molecule has 2 aromatic heterocycles. The first-order chi connectivity index (χ1) is 12.5. The van der Waals surface area contributed by atoms with Crippen LogP contribution in [0.3, 0.4) is 0 Å². The molecule has 0 atom stereocenters. The fourth-order valence-electron chi connectivity index (χ4n) is 3.64. The molecule has 2 N–H and O–H groups in total. The first-order valence-electron chi connectivity index (χ1n) is 8.33. The standard InChI is InChI=1S/C18H14F2N4OS/c19-18(20)14-11(5-6-21-15(14)24-16(18)25)9-7-10(8-9)22-17-23-12-3-1-2-4-13(12)26-17/h1-6,9-10H,7-8H2,(H,22,23)(H,21,24,25). The summed E-state index contributed by atoms with van der Waals surface area (Å²) in [7, 11) is 0. The van der Waals surface area contributed by atoms with E-state index < -0.39 is 11.8 Å². The summed E-state index contributed by atoms with van der Waals surface area (Å²) in [5.41, 5.74) is 1.21. The van der Waals surface area contributed by atoms with Crippen molar-refractivity contribution in [3.63, 3.8) is 0 Å². The minimum Gasteiger partial charge on any atom is -0.359 e. The van der Waals surface area contributed by atoms with Crippen molar-refractivity contribution in [2.45, 2.75) is 30.7 Å². The number of anilines is 2. The number of benzene rings is 1. The van der Waals surface area contributed by atoms with Gasteiger partial charge in [0.15, 0.2) is 5.13 Å². The molecule has 5 rings (SSSR count). The summed E-state index contributed by atoms with van der Waals surface area (Å²) < 4.78 is 29.5. The van der Waals surface area contributed by atoms with Gasteiger partial charge in [-0.25, -0.2) is 9.97 Å². The monoisotopic (exact) mass is 372 g/mol. The number of alkyl halides is 2. The third-order valence-electron chi connectivity index (χ3n) is 5.01. The molecule has 3 aromatic rings. The molecule has 1 fully saturated rings. The molecule has 0 unspecified atom stereocenters. The summed E-state index contributed by atoms with van der Waals surface area (Å²) in [6, 6.07) is 9.70. The van der Waals surface area contributed by atoms with E-state index in [1.165, 1.54) is 6.20 Å². The predicted molar refractivity (Wildman–Crippen MR) is 95.8 cm³/mol. The zero-order chi connectivity index (χ0) is 17.9. The number of nitrogens with one attached hydrogen (secondary N) is 2. The minimum atomic E-state index is -3.51. The number of pyridine rings is 1. The molecule has 1 saturated carbocycles. The fourth-order valence-corrected chi connectivity index (χ4v) is 4.58. The highest BCUT2D eigenvalue weighted by Crippen LogP contribution is 2.48. The van der Waals surface area contributed by atoms with E-state index >= 15 is 0 Å². The topological polar surface area (TPSA) is 66.9 Å². The smallest absolute Gasteiger partial charge is 0.353 e. The maximum atomic E-state index is 14.2. The highest BCUT2D eigenvalue weighted by atomic mass is 32.1. The van der Waals surface area contributed by atoms with E-state index in [0.29, 0.717) is 5.56 Å². The number of hydrogen-bond acceptors (Lipinski definition) is 5. The van der Waals surface area contributed by atoms with Gasteiger partial charge in [-0.3, -0.25) is 4.79 Å². The molecule has 1 aliphatic heterocycles. The molecule has 0 saturated heterocycles. The van der Waals surface area contributed by atoms with Crippen molar-refractivity contribution in [3.8, 4) is 0 Å². The summed E-state index contributed by atoms with van der Waals surface area (Å²) in [5, 5.41) is 6.40. The van der Waals surface area contributed by atoms with E-state index in [0.717, 1.165) is 28.2 Å². The average Bonchev–Trinajstić information content (AvgIpc) is 3.09. The van der Waals surface area contributed by atoms with Crippen molar-refractivity contribution in [1.82, 2.24) is 9.97 Å². The lowest BCUT2D eigenvalue weighted by Gasteiger charge is -2.37. The van der Waals surface area contributed by atoms with Gasteiger partial charge in [0.25, 0.3) is 0 Å².